The van der Waals surface area contributed by atoms with Gasteiger partial charge in [-0.3, -0.25) is 14.6 Å². The number of benzene rings is 1. The maximum absolute atomic E-state index is 13.1. The summed E-state index contributed by atoms with van der Waals surface area (Å²) in [6, 6.07) is 4.68. The van der Waals surface area contributed by atoms with Gasteiger partial charge in [0.15, 0.2) is 0 Å². The third-order valence-corrected chi connectivity index (χ3v) is 3.56. The van der Waals surface area contributed by atoms with Gasteiger partial charge in [0.25, 0.3) is 5.91 Å². The third-order valence-electron chi connectivity index (χ3n) is 3.56. The Hall–Kier alpha value is -2.96. The summed E-state index contributed by atoms with van der Waals surface area (Å²) in [6.07, 6.45) is 3.29. The topological polar surface area (TPSA) is 79.0 Å². The van der Waals surface area contributed by atoms with Crippen LogP contribution < -0.4 is 10.7 Å². The number of hydrazone groups is 1. The van der Waals surface area contributed by atoms with Crippen molar-refractivity contribution in [2.75, 3.05) is 18.1 Å². The quantitative estimate of drug-likeness (QED) is 0.769. The Kier molecular flexibility index (Phi) is 5.47. The van der Waals surface area contributed by atoms with E-state index >= 15 is 0 Å². The summed E-state index contributed by atoms with van der Waals surface area (Å²) in [5.74, 6) is -1.33. The molecule has 0 bridgehead atoms. The monoisotopic (exact) mass is 330 g/mol. The van der Waals surface area contributed by atoms with Crippen LogP contribution in [0.3, 0.4) is 0 Å². The molecule has 1 aliphatic rings. The molecule has 0 fully saturated rings. The summed E-state index contributed by atoms with van der Waals surface area (Å²) in [4.78, 5) is 25.8. The number of rotatable bonds is 7. The van der Waals surface area contributed by atoms with Crippen LogP contribution in [0.5, 0.6) is 0 Å². The summed E-state index contributed by atoms with van der Waals surface area (Å²) in [6.45, 7) is 7.91. The number of hydrogen-bond donors (Lipinski definition) is 1. The first kappa shape index (κ1) is 17.4. The van der Waals surface area contributed by atoms with Crippen molar-refractivity contribution in [1.29, 1.82) is 0 Å². The Morgan fingerprint density at radius 3 is 2.38 bits per heavy atom. The van der Waals surface area contributed by atoms with E-state index in [0.717, 1.165) is 0 Å². The largest absolute Gasteiger partial charge is 0.368 e. The van der Waals surface area contributed by atoms with Gasteiger partial charge in [0.1, 0.15) is 17.6 Å². The first-order chi connectivity index (χ1) is 11.5. The maximum Gasteiger partial charge on any atom is 0.270 e. The molecule has 1 aromatic rings. The van der Waals surface area contributed by atoms with Gasteiger partial charge in [-0.1, -0.05) is 12.2 Å². The Bertz CT molecular complexity index is 674. The van der Waals surface area contributed by atoms with Crippen LogP contribution in [0.4, 0.5) is 10.1 Å². The van der Waals surface area contributed by atoms with Crippen LogP contribution >= 0.6 is 0 Å². The van der Waals surface area contributed by atoms with E-state index in [2.05, 4.69) is 18.3 Å². The van der Waals surface area contributed by atoms with Gasteiger partial charge in [0.05, 0.1) is 5.69 Å². The first-order valence-corrected chi connectivity index (χ1v) is 7.40. The van der Waals surface area contributed by atoms with E-state index in [-0.39, 0.29) is 18.0 Å². The molecule has 6 nitrogen and oxygen atoms in total. The molecule has 2 N–H and O–H groups in total. The van der Waals surface area contributed by atoms with E-state index < -0.39 is 17.8 Å². The average Bonchev–Trinajstić information content (AvgIpc) is 3.00. The van der Waals surface area contributed by atoms with Gasteiger partial charge >= 0.3 is 0 Å². The van der Waals surface area contributed by atoms with Gasteiger partial charge in [0, 0.05) is 19.5 Å². The molecular weight excluding hydrogens is 311 g/mol. The molecule has 0 spiro atoms. The van der Waals surface area contributed by atoms with Crippen LogP contribution in [0, 0.1) is 5.82 Å². The molecule has 1 heterocycles. The molecule has 1 atom stereocenters. The highest BCUT2D eigenvalue weighted by atomic mass is 19.1. The normalized spacial score (nSPS) is 16.5. The number of carbonyl (C=O) groups excluding carboxylic acids is 2. The lowest BCUT2D eigenvalue weighted by Gasteiger charge is -2.20. The highest BCUT2D eigenvalue weighted by Gasteiger charge is 2.36. The smallest absolute Gasteiger partial charge is 0.270 e. The summed E-state index contributed by atoms with van der Waals surface area (Å²) < 4.78 is 13.1. The number of halogens is 1. The fourth-order valence-electron chi connectivity index (χ4n) is 2.43. The van der Waals surface area contributed by atoms with Crippen LogP contribution in [-0.4, -0.2) is 41.6 Å². The molecule has 126 valence electrons. The second-order valence-electron chi connectivity index (χ2n) is 5.28. The van der Waals surface area contributed by atoms with Crippen molar-refractivity contribution in [3.05, 3.63) is 55.4 Å². The molecule has 24 heavy (non-hydrogen) atoms. The van der Waals surface area contributed by atoms with E-state index in [9.17, 15) is 14.0 Å². The molecular formula is C17H19FN4O2. The molecule has 1 aromatic carbocycles. The van der Waals surface area contributed by atoms with Crippen molar-refractivity contribution < 1.29 is 14.0 Å². The maximum atomic E-state index is 13.1. The van der Waals surface area contributed by atoms with Crippen LogP contribution in [0.1, 0.15) is 6.42 Å². The number of carbonyl (C=O) groups is 2. The minimum atomic E-state index is -0.788. The van der Waals surface area contributed by atoms with E-state index in [1.807, 2.05) is 0 Å². The number of primary amides is 1. The van der Waals surface area contributed by atoms with Gasteiger partial charge in [-0.25, -0.2) is 4.39 Å². The van der Waals surface area contributed by atoms with Gasteiger partial charge in [-0.05, 0) is 24.3 Å². The summed E-state index contributed by atoms with van der Waals surface area (Å²) in [5, 5.41) is 5.60. The minimum absolute atomic E-state index is 0.0936. The highest BCUT2D eigenvalue weighted by molar-refractivity contribution is 6.40. The molecule has 0 saturated carbocycles. The number of nitrogens with two attached hydrogens (primary N) is 1. The number of anilines is 1. The number of hydrogen-bond acceptors (Lipinski definition) is 4. The first-order valence-electron chi connectivity index (χ1n) is 7.40. The van der Waals surface area contributed by atoms with Crippen LogP contribution in [0.15, 0.2) is 54.7 Å². The lowest BCUT2D eigenvalue weighted by Crippen LogP contribution is -2.40. The molecule has 0 aromatic heterocycles. The van der Waals surface area contributed by atoms with E-state index in [4.69, 9.17) is 5.73 Å². The minimum Gasteiger partial charge on any atom is -0.368 e. The predicted molar refractivity (Wildman–Crippen MR) is 90.9 cm³/mol. The predicted octanol–water partition coefficient (Wildman–Crippen LogP) is 1.45. The summed E-state index contributed by atoms with van der Waals surface area (Å²) in [5.41, 5.74) is 6.13. The Balaban J connectivity index is 2.30. The zero-order valence-electron chi connectivity index (χ0n) is 13.2. The van der Waals surface area contributed by atoms with E-state index in [1.165, 1.54) is 34.2 Å². The van der Waals surface area contributed by atoms with Crippen molar-refractivity contribution in [2.45, 2.75) is 12.5 Å². The fourth-order valence-corrected chi connectivity index (χ4v) is 2.43. The summed E-state index contributed by atoms with van der Waals surface area (Å²) >= 11 is 0. The van der Waals surface area contributed by atoms with Crippen molar-refractivity contribution in [3.8, 4) is 0 Å². The standard InChI is InChI=1S/C17H19FN4O2/c1-3-9-21(10-4-2)17(24)14-11-15(16(19)23)22(20-14)13-7-5-12(18)6-8-13/h3-8,15H,1-2,9-11H2,(H2,19,23). The molecule has 2 rings (SSSR count). The second kappa shape index (κ2) is 7.54. The Labute approximate surface area is 139 Å². The Morgan fingerprint density at radius 2 is 1.88 bits per heavy atom. The third kappa shape index (κ3) is 3.68. The molecule has 0 aliphatic carbocycles. The molecule has 1 aliphatic heterocycles. The second-order valence-corrected chi connectivity index (χ2v) is 5.28. The van der Waals surface area contributed by atoms with Gasteiger partial charge < -0.3 is 10.6 Å². The Morgan fingerprint density at radius 1 is 1.29 bits per heavy atom. The van der Waals surface area contributed by atoms with Crippen molar-refractivity contribution >= 4 is 23.2 Å². The van der Waals surface area contributed by atoms with Crippen LogP contribution in [-0.2, 0) is 9.59 Å². The molecule has 7 heteroatoms. The number of amides is 2. The lowest BCUT2D eigenvalue weighted by molar-refractivity contribution is -0.123. The van der Waals surface area contributed by atoms with E-state index in [1.54, 1.807) is 12.2 Å². The zero-order valence-corrected chi connectivity index (χ0v) is 13.2. The number of nitrogens with zero attached hydrogens (tertiary/aromatic N) is 3. The molecule has 1 unspecified atom stereocenters. The van der Waals surface area contributed by atoms with Crippen LogP contribution in [0.2, 0.25) is 0 Å². The SMILES string of the molecule is C=CCN(CC=C)C(=O)C1=NN(c2ccc(F)cc2)C(C(N)=O)C1. The van der Waals surface area contributed by atoms with Gasteiger partial charge in [-0.2, -0.15) is 5.10 Å². The summed E-state index contributed by atoms with van der Waals surface area (Å²) in [7, 11) is 0. The van der Waals surface area contributed by atoms with Crippen molar-refractivity contribution in [2.24, 2.45) is 10.8 Å². The van der Waals surface area contributed by atoms with Gasteiger partial charge in [-0.15, -0.1) is 13.2 Å². The van der Waals surface area contributed by atoms with Crippen molar-refractivity contribution in [3.63, 3.8) is 0 Å². The molecule has 2 amide bonds. The highest BCUT2D eigenvalue weighted by Crippen LogP contribution is 2.25. The molecule has 0 radical (unpaired) electrons. The fraction of sp³-hybridized carbons (Fsp3) is 0.235. The van der Waals surface area contributed by atoms with Crippen LogP contribution in [0.25, 0.3) is 0 Å². The van der Waals surface area contributed by atoms with Crippen molar-refractivity contribution in [1.82, 2.24) is 4.90 Å². The lowest BCUT2D eigenvalue weighted by atomic mass is 10.1. The zero-order chi connectivity index (χ0) is 17.7. The molecule has 0 saturated heterocycles. The van der Waals surface area contributed by atoms with Gasteiger partial charge in [0.2, 0.25) is 5.91 Å². The average molecular weight is 330 g/mol. The van der Waals surface area contributed by atoms with E-state index in [0.29, 0.717) is 18.8 Å².